The molecule has 2 saturated heterocycles. The van der Waals surface area contributed by atoms with Crippen LogP contribution in [0.5, 0.6) is 0 Å². The molecule has 8 heteroatoms. The Balaban J connectivity index is 1.73. The third kappa shape index (κ3) is 4.39. The molecule has 0 aliphatic carbocycles. The first-order valence-corrected chi connectivity index (χ1v) is 11.4. The van der Waals surface area contributed by atoms with Crippen molar-refractivity contribution in [1.29, 1.82) is 0 Å². The van der Waals surface area contributed by atoms with E-state index >= 15 is 0 Å². The highest BCUT2D eigenvalue weighted by Crippen LogP contribution is 2.28. The number of halogens is 1. The number of ether oxygens (including phenoxy) is 1. The molecule has 0 aromatic heterocycles. The predicted molar refractivity (Wildman–Crippen MR) is 104 cm³/mol. The van der Waals surface area contributed by atoms with E-state index in [1.165, 1.54) is 16.4 Å². The molecule has 0 radical (unpaired) electrons. The second-order valence-corrected chi connectivity index (χ2v) is 9.45. The van der Waals surface area contributed by atoms with Crippen LogP contribution < -0.4 is 0 Å². The molecule has 0 saturated carbocycles. The zero-order chi connectivity index (χ0) is 20.3. The van der Waals surface area contributed by atoms with Crippen LogP contribution in [-0.4, -0.2) is 61.9 Å². The quantitative estimate of drug-likeness (QED) is 0.746. The lowest BCUT2D eigenvalue weighted by Gasteiger charge is -2.43. The molecule has 0 atom stereocenters. The highest BCUT2D eigenvalue weighted by molar-refractivity contribution is 7.89. The van der Waals surface area contributed by atoms with Crippen LogP contribution in [0, 0.1) is 12.7 Å². The lowest BCUT2D eigenvalue weighted by atomic mass is 9.98. The summed E-state index contributed by atoms with van der Waals surface area (Å²) in [5.41, 5.74) is 0.536. The number of aryl methyl sites for hydroxylation is 1. The molecule has 1 aromatic rings. The number of carbonyl (C=O) groups excluding carboxylic acids is 1. The van der Waals surface area contributed by atoms with Crippen molar-refractivity contribution in [2.75, 3.05) is 26.3 Å². The largest absolute Gasteiger partial charge is 0.381 e. The lowest BCUT2D eigenvalue weighted by Crippen LogP contribution is -2.53. The first-order chi connectivity index (χ1) is 13.3. The Kier molecular flexibility index (Phi) is 6.73. The van der Waals surface area contributed by atoms with Gasteiger partial charge in [-0.15, -0.1) is 0 Å². The summed E-state index contributed by atoms with van der Waals surface area (Å²) >= 11 is 0. The molecule has 3 rings (SSSR count). The Labute approximate surface area is 166 Å². The van der Waals surface area contributed by atoms with E-state index in [1.54, 1.807) is 6.92 Å². The SMILES string of the molecule is CCC(=O)N(C1CCOCC1)C1CCN(S(=O)(=O)c2cc(F)ccc2C)CC1. The minimum absolute atomic E-state index is 0.0249. The average Bonchev–Trinajstić information content (AvgIpc) is 2.71. The smallest absolute Gasteiger partial charge is 0.243 e. The van der Waals surface area contributed by atoms with Crippen LogP contribution in [0.1, 0.15) is 44.6 Å². The Bertz CT molecular complexity index is 800. The fraction of sp³-hybridized carbons (Fsp3) is 0.650. The summed E-state index contributed by atoms with van der Waals surface area (Å²) in [6, 6.07) is 4.05. The molecule has 2 aliphatic rings. The fourth-order valence-electron chi connectivity index (χ4n) is 4.20. The molecule has 0 unspecified atom stereocenters. The van der Waals surface area contributed by atoms with Gasteiger partial charge in [-0.1, -0.05) is 13.0 Å². The summed E-state index contributed by atoms with van der Waals surface area (Å²) in [7, 11) is -3.75. The van der Waals surface area contributed by atoms with Gasteiger partial charge in [-0.05, 0) is 50.3 Å². The minimum atomic E-state index is -3.75. The molecular weight excluding hydrogens is 383 g/mol. The van der Waals surface area contributed by atoms with E-state index in [4.69, 9.17) is 4.74 Å². The lowest BCUT2D eigenvalue weighted by molar-refractivity contribution is -0.139. The van der Waals surface area contributed by atoms with Gasteiger partial charge in [0.1, 0.15) is 5.82 Å². The van der Waals surface area contributed by atoms with Crippen molar-refractivity contribution in [3.8, 4) is 0 Å². The van der Waals surface area contributed by atoms with E-state index in [-0.39, 0.29) is 22.9 Å². The third-order valence-corrected chi connectivity index (χ3v) is 7.80. The van der Waals surface area contributed by atoms with Crippen molar-refractivity contribution < 1.29 is 22.3 Å². The monoisotopic (exact) mass is 412 g/mol. The number of benzene rings is 1. The van der Waals surface area contributed by atoms with E-state index in [0.717, 1.165) is 18.9 Å². The van der Waals surface area contributed by atoms with Crippen molar-refractivity contribution in [1.82, 2.24) is 9.21 Å². The van der Waals surface area contributed by atoms with Crippen molar-refractivity contribution in [3.63, 3.8) is 0 Å². The molecule has 0 bridgehead atoms. The number of hydrogen-bond donors (Lipinski definition) is 0. The second kappa shape index (κ2) is 8.88. The molecule has 1 aromatic carbocycles. The summed E-state index contributed by atoms with van der Waals surface area (Å²) in [6.07, 6.45) is 3.28. The van der Waals surface area contributed by atoms with Gasteiger partial charge in [0.2, 0.25) is 15.9 Å². The van der Waals surface area contributed by atoms with E-state index in [0.29, 0.717) is 51.1 Å². The summed E-state index contributed by atoms with van der Waals surface area (Å²) < 4.78 is 46.4. The zero-order valence-electron chi connectivity index (χ0n) is 16.6. The zero-order valence-corrected chi connectivity index (χ0v) is 17.4. The minimum Gasteiger partial charge on any atom is -0.381 e. The number of carbonyl (C=O) groups is 1. The number of hydrogen-bond acceptors (Lipinski definition) is 4. The van der Waals surface area contributed by atoms with Gasteiger partial charge in [0, 0.05) is 44.8 Å². The standard InChI is InChI=1S/C20H29FN2O4S/c1-3-20(24)23(18-8-12-27-13-9-18)17-6-10-22(11-7-17)28(25,26)19-14-16(21)5-4-15(19)2/h4-5,14,17-18H,3,6-13H2,1-2H3. The Hall–Kier alpha value is -1.51. The van der Waals surface area contributed by atoms with Crippen molar-refractivity contribution in [2.45, 2.75) is 62.9 Å². The van der Waals surface area contributed by atoms with Crippen LogP contribution in [0.3, 0.4) is 0 Å². The number of piperidine rings is 1. The van der Waals surface area contributed by atoms with Gasteiger partial charge in [0.05, 0.1) is 4.90 Å². The topological polar surface area (TPSA) is 66.9 Å². The highest BCUT2D eigenvalue weighted by atomic mass is 32.2. The third-order valence-electron chi connectivity index (χ3n) is 5.76. The maximum absolute atomic E-state index is 13.6. The van der Waals surface area contributed by atoms with Crippen LogP contribution in [0.25, 0.3) is 0 Å². The van der Waals surface area contributed by atoms with E-state index in [2.05, 4.69) is 0 Å². The predicted octanol–water partition coefficient (Wildman–Crippen LogP) is 2.70. The molecule has 1 amide bonds. The fourth-order valence-corrected chi connectivity index (χ4v) is 5.91. The Morgan fingerprint density at radius 3 is 2.39 bits per heavy atom. The maximum Gasteiger partial charge on any atom is 0.243 e. The molecule has 2 fully saturated rings. The number of rotatable bonds is 5. The molecule has 0 N–H and O–H groups in total. The molecule has 28 heavy (non-hydrogen) atoms. The average molecular weight is 413 g/mol. The first kappa shape index (κ1) is 21.2. The van der Waals surface area contributed by atoms with Gasteiger partial charge in [-0.25, -0.2) is 12.8 Å². The van der Waals surface area contributed by atoms with E-state index in [9.17, 15) is 17.6 Å². The van der Waals surface area contributed by atoms with Crippen LogP contribution in [-0.2, 0) is 19.6 Å². The van der Waals surface area contributed by atoms with Crippen molar-refractivity contribution in [2.24, 2.45) is 0 Å². The van der Waals surface area contributed by atoms with Crippen molar-refractivity contribution in [3.05, 3.63) is 29.6 Å². The Morgan fingerprint density at radius 2 is 1.79 bits per heavy atom. The van der Waals surface area contributed by atoms with Gasteiger partial charge in [0.25, 0.3) is 0 Å². The van der Waals surface area contributed by atoms with E-state index in [1.807, 2.05) is 11.8 Å². The molecule has 6 nitrogen and oxygen atoms in total. The maximum atomic E-state index is 13.6. The molecule has 0 spiro atoms. The van der Waals surface area contributed by atoms with Crippen LogP contribution in [0.15, 0.2) is 23.1 Å². The van der Waals surface area contributed by atoms with E-state index < -0.39 is 15.8 Å². The van der Waals surface area contributed by atoms with Gasteiger partial charge < -0.3 is 9.64 Å². The number of amides is 1. The molecule has 2 heterocycles. The van der Waals surface area contributed by atoms with Gasteiger partial charge in [-0.3, -0.25) is 4.79 Å². The summed E-state index contributed by atoms with van der Waals surface area (Å²) in [6.45, 7) is 5.51. The van der Waals surface area contributed by atoms with Gasteiger partial charge in [0.15, 0.2) is 0 Å². The normalized spacial score (nSPS) is 20.2. The summed E-state index contributed by atoms with van der Waals surface area (Å²) in [4.78, 5) is 14.6. The first-order valence-electron chi connectivity index (χ1n) is 9.99. The number of nitrogens with zero attached hydrogens (tertiary/aromatic N) is 2. The molecular formula is C20H29FN2O4S. The van der Waals surface area contributed by atoms with Gasteiger partial charge >= 0.3 is 0 Å². The highest BCUT2D eigenvalue weighted by Gasteiger charge is 2.36. The van der Waals surface area contributed by atoms with Gasteiger partial charge in [-0.2, -0.15) is 4.31 Å². The number of sulfonamides is 1. The van der Waals surface area contributed by atoms with Crippen LogP contribution >= 0.6 is 0 Å². The summed E-state index contributed by atoms with van der Waals surface area (Å²) in [5.74, 6) is -0.438. The second-order valence-electron chi connectivity index (χ2n) is 7.54. The van der Waals surface area contributed by atoms with Crippen LogP contribution in [0.2, 0.25) is 0 Å². The van der Waals surface area contributed by atoms with Crippen molar-refractivity contribution >= 4 is 15.9 Å². The summed E-state index contributed by atoms with van der Waals surface area (Å²) in [5, 5.41) is 0. The molecule has 156 valence electrons. The molecule has 2 aliphatic heterocycles. The van der Waals surface area contributed by atoms with Crippen LogP contribution in [0.4, 0.5) is 4.39 Å². The Morgan fingerprint density at radius 1 is 1.18 bits per heavy atom.